The lowest BCUT2D eigenvalue weighted by molar-refractivity contribution is 0.0507. The molecule has 0 bridgehead atoms. The molecule has 1 heterocycles. The number of piperidine rings is 1. The molecule has 1 aliphatic heterocycles. The molecule has 18 heavy (non-hydrogen) atoms. The van der Waals surface area contributed by atoms with Crippen molar-refractivity contribution < 1.29 is 0 Å². The summed E-state index contributed by atoms with van der Waals surface area (Å²) in [4.78, 5) is 2.71. The first kappa shape index (κ1) is 14.3. The first-order valence-electron chi connectivity index (χ1n) is 8.01. The Labute approximate surface area is 113 Å². The van der Waals surface area contributed by atoms with Crippen molar-refractivity contribution in [3.8, 4) is 0 Å². The third-order valence-electron chi connectivity index (χ3n) is 5.23. The summed E-state index contributed by atoms with van der Waals surface area (Å²) in [5.41, 5.74) is 6.88. The van der Waals surface area contributed by atoms with E-state index in [1.807, 2.05) is 0 Å². The van der Waals surface area contributed by atoms with Gasteiger partial charge in [0, 0.05) is 12.1 Å². The molecule has 0 radical (unpaired) electrons. The molecule has 0 aromatic carbocycles. The molecule has 2 heteroatoms. The minimum Gasteiger partial charge on any atom is -0.326 e. The second kappa shape index (κ2) is 5.92. The van der Waals surface area contributed by atoms with Gasteiger partial charge in [-0.1, -0.05) is 33.6 Å². The maximum atomic E-state index is 6.38. The molecular formula is C16H32N2. The molecular weight excluding hydrogens is 220 g/mol. The van der Waals surface area contributed by atoms with Gasteiger partial charge in [0.25, 0.3) is 0 Å². The highest BCUT2D eigenvalue weighted by molar-refractivity contribution is 4.94. The van der Waals surface area contributed by atoms with Crippen LogP contribution in [-0.2, 0) is 0 Å². The van der Waals surface area contributed by atoms with E-state index >= 15 is 0 Å². The van der Waals surface area contributed by atoms with Crippen LogP contribution in [0, 0.1) is 11.3 Å². The van der Waals surface area contributed by atoms with Crippen LogP contribution in [0.3, 0.4) is 0 Å². The van der Waals surface area contributed by atoms with Crippen LogP contribution in [0.25, 0.3) is 0 Å². The summed E-state index contributed by atoms with van der Waals surface area (Å²) in [6.07, 6.45) is 9.39. The van der Waals surface area contributed by atoms with Crippen LogP contribution in [0.15, 0.2) is 0 Å². The maximum absolute atomic E-state index is 6.38. The van der Waals surface area contributed by atoms with Gasteiger partial charge >= 0.3 is 0 Å². The summed E-state index contributed by atoms with van der Waals surface area (Å²) in [5, 5.41) is 0. The highest BCUT2D eigenvalue weighted by Gasteiger charge is 2.37. The van der Waals surface area contributed by atoms with Gasteiger partial charge in [-0.3, -0.25) is 4.90 Å². The lowest BCUT2D eigenvalue weighted by atomic mass is 9.72. The zero-order valence-electron chi connectivity index (χ0n) is 12.6. The Kier molecular flexibility index (Phi) is 4.71. The Morgan fingerprint density at radius 2 is 1.83 bits per heavy atom. The smallest absolute Gasteiger partial charge is 0.0252 e. The molecule has 1 aliphatic carbocycles. The number of nitrogens with zero attached hydrogens (tertiary/aromatic N) is 1. The molecule has 0 amide bonds. The fourth-order valence-corrected chi connectivity index (χ4v) is 3.95. The standard InChI is InChI=1S/C16H32N2/c1-4-5-13-7-10-18(11-8-13)15-12-16(2,3)9-6-14(15)17/h13-15H,4-12,17H2,1-3H3. The van der Waals surface area contributed by atoms with Gasteiger partial charge in [0.2, 0.25) is 0 Å². The zero-order valence-corrected chi connectivity index (χ0v) is 12.6. The number of likely N-dealkylation sites (tertiary alicyclic amines) is 1. The largest absolute Gasteiger partial charge is 0.326 e. The van der Waals surface area contributed by atoms with E-state index in [0.29, 0.717) is 17.5 Å². The van der Waals surface area contributed by atoms with E-state index in [4.69, 9.17) is 5.73 Å². The summed E-state index contributed by atoms with van der Waals surface area (Å²) in [5.74, 6) is 0.985. The minimum absolute atomic E-state index is 0.417. The monoisotopic (exact) mass is 252 g/mol. The van der Waals surface area contributed by atoms with Crippen molar-refractivity contribution in [3.63, 3.8) is 0 Å². The van der Waals surface area contributed by atoms with Crippen LogP contribution in [0.4, 0.5) is 0 Å². The predicted octanol–water partition coefficient (Wildman–Crippen LogP) is 3.40. The molecule has 2 atom stereocenters. The first-order chi connectivity index (χ1) is 8.52. The summed E-state index contributed by atoms with van der Waals surface area (Å²) in [7, 11) is 0. The Morgan fingerprint density at radius 3 is 2.44 bits per heavy atom. The number of nitrogens with two attached hydrogens (primary N) is 1. The van der Waals surface area contributed by atoms with Gasteiger partial charge in [-0.05, 0) is 56.5 Å². The molecule has 2 rings (SSSR count). The van der Waals surface area contributed by atoms with Gasteiger partial charge in [-0.15, -0.1) is 0 Å². The van der Waals surface area contributed by atoms with Crippen molar-refractivity contribution in [2.24, 2.45) is 17.1 Å². The van der Waals surface area contributed by atoms with Gasteiger partial charge in [0.15, 0.2) is 0 Å². The van der Waals surface area contributed by atoms with Crippen LogP contribution >= 0.6 is 0 Å². The van der Waals surface area contributed by atoms with Crippen molar-refractivity contribution in [2.75, 3.05) is 13.1 Å². The topological polar surface area (TPSA) is 29.3 Å². The van der Waals surface area contributed by atoms with Crippen molar-refractivity contribution in [3.05, 3.63) is 0 Å². The molecule has 2 fully saturated rings. The maximum Gasteiger partial charge on any atom is 0.0252 e. The quantitative estimate of drug-likeness (QED) is 0.834. The molecule has 2 aliphatic rings. The van der Waals surface area contributed by atoms with Gasteiger partial charge < -0.3 is 5.73 Å². The van der Waals surface area contributed by atoms with E-state index in [0.717, 1.165) is 5.92 Å². The molecule has 0 aromatic heterocycles. The Hall–Kier alpha value is -0.0800. The van der Waals surface area contributed by atoms with Crippen LogP contribution in [0.1, 0.15) is 65.7 Å². The second-order valence-corrected chi connectivity index (χ2v) is 7.41. The van der Waals surface area contributed by atoms with Crippen molar-refractivity contribution in [1.82, 2.24) is 4.90 Å². The Morgan fingerprint density at radius 1 is 1.17 bits per heavy atom. The molecule has 2 N–H and O–H groups in total. The lowest BCUT2D eigenvalue weighted by Crippen LogP contribution is -2.54. The molecule has 0 spiro atoms. The first-order valence-corrected chi connectivity index (χ1v) is 8.01. The third kappa shape index (κ3) is 3.48. The summed E-state index contributed by atoms with van der Waals surface area (Å²) in [6, 6.07) is 1.07. The van der Waals surface area contributed by atoms with E-state index in [1.54, 1.807) is 0 Å². The van der Waals surface area contributed by atoms with E-state index in [1.165, 1.54) is 58.0 Å². The van der Waals surface area contributed by atoms with Gasteiger partial charge in [-0.2, -0.15) is 0 Å². The van der Waals surface area contributed by atoms with E-state index < -0.39 is 0 Å². The van der Waals surface area contributed by atoms with Gasteiger partial charge in [-0.25, -0.2) is 0 Å². The van der Waals surface area contributed by atoms with Crippen molar-refractivity contribution >= 4 is 0 Å². The highest BCUT2D eigenvalue weighted by Crippen LogP contribution is 2.38. The minimum atomic E-state index is 0.417. The fourth-order valence-electron chi connectivity index (χ4n) is 3.95. The van der Waals surface area contributed by atoms with Crippen molar-refractivity contribution in [2.45, 2.75) is 77.8 Å². The van der Waals surface area contributed by atoms with E-state index in [2.05, 4.69) is 25.7 Å². The molecule has 1 saturated carbocycles. The molecule has 2 nitrogen and oxygen atoms in total. The molecule has 0 aromatic rings. The zero-order chi connectivity index (χ0) is 13.2. The van der Waals surface area contributed by atoms with E-state index in [-0.39, 0.29) is 0 Å². The van der Waals surface area contributed by atoms with Crippen LogP contribution in [-0.4, -0.2) is 30.1 Å². The average molecular weight is 252 g/mol. The second-order valence-electron chi connectivity index (χ2n) is 7.41. The SMILES string of the molecule is CCCC1CCN(C2CC(C)(C)CCC2N)CC1. The summed E-state index contributed by atoms with van der Waals surface area (Å²) < 4.78 is 0. The van der Waals surface area contributed by atoms with Crippen LogP contribution in [0.5, 0.6) is 0 Å². The predicted molar refractivity (Wildman–Crippen MR) is 78.6 cm³/mol. The van der Waals surface area contributed by atoms with Crippen molar-refractivity contribution in [1.29, 1.82) is 0 Å². The number of hydrogen-bond acceptors (Lipinski definition) is 2. The van der Waals surface area contributed by atoms with Gasteiger partial charge in [0.05, 0.1) is 0 Å². The summed E-state index contributed by atoms with van der Waals surface area (Å²) >= 11 is 0. The number of hydrogen-bond donors (Lipinski definition) is 1. The van der Waals surface area contributed by atoms with Crippen LogP contribution < -0.4 is 5.73 Å². The Bertz CT molecular complexity index is 254. The molecule has 1 saturated heterocycles. The summed E-state index contributed by atoms with van der Waals surface area (Å²) in [6.45, 7) is 9.72. The lowest BCUT2D eigenvalue weighted by Gasteiger charge is -2.47. The van der Waals surface area contributed by atoms with Gasteiger partial charge in [0.1, 0.15) is 0 Å². The van der Waals surface area contributed by atoms with E-state index in [9.17, 15) is 0 Å². The third-order valence-corrected chi connectivity index (χ3v) is 5.23. The fraction of sp³-hybridized carbons (Fsp3) is 1.00. The molecule has 2 unspecified atom stereocenters. The average Bonchev–Trinajstić information content (AvgIpc) is 2.34. The number of rotatable bonds is 3. The normalized spacial score (nSPS) is 34.7. The highest BCUT2D eigenvalue weighted by atomic mass is 15.2. The molecule has 106 valence electrons. The van der Waals surface area contributed by atoms with Crippen LogP contribution in [0.2, 0.25) is 0 Å². The Balaban J connectivity index is 1.88.